The number of hydrogen-bond acceptors (Lipinski definition) is 3. The molecule has 1 spiro atoms. The quantitative estimate of drug-likeness (QED) is 0.152. The highest BCUT2D eigenvalue weighted by atomic mass is 32.3. The van der Waals surface area contributed by atoms with Gasteiger partial charge in [0.1, 0.15) is 0 Å². The summed E-state index contributed by atoms with van der Waals surface area (Å²) in [6.45, 7) is 0. The summed E-state index contributed by atoms with van der Waals surface area (Å²) in [5.41, 5.74) is 15.0. The first kappa shape index (κ1) is 37.7. The fourth-order valence-corrected chi connectivity index (χ4v) is 15.2. The van der Waals surface area contributed by atoms with Gasteiger partial charge < -0.3 is 9.80 Å². The summed E-state index contributed by atoms with van der Waals surface area (Å²) in [6, 6.07) is 89.3. The lowest BCUT2D eigenvalue weighted by Crippen LogP contribution is -2.30. The minimum atomic E-state index is -4.02. The predicted molar refractivity (Wildman–Crippen MR) is 265 cm³/mol. The van der Waals surface area contributed by atoms with E-state index < -0.39 is 9.07 Å². The normalized spacial score (nSPS) is 14.0. The van der Waals surface area contributed by atoms with Gasteiger partial charge >= 0.3 is 0 Å². The van der Waals surface area contributed by atoms with E-state index in [4.69, 9.17) is 0 Å². The minimum absolute atomic E-state index is 0.878. The molecule has 0 atom stereocenters. The lowest BCUT2D eigenvalue weighted by atomic mass is 9.99. The Kier molecular flexibility index (Phi) is 8.72. The first-order valence-electron chi connectivity index (χ1n) is 21.7. The van der Waals surface area contributed by atoms with Crippen LogP contribution in [-0.4, -0.2) is 4.21 Å². The molecule has 0 saturated carbocycles. The summed E-state index contributed by atoms with van der Waals surface area (Å²) in [7, 11) is -4.02. The van der Waals surface area contributed by atoms with Gasteiger partial charge in [0.2, 0.25) is 0 Å². The van der Waals surface area contributed by atoms with Crippen molar-refractivity contribution in [3.8, 4) is 44.5 Å². The van der Waals surface area contributed by atoms with Gasteiger partial charge in [0.25, 0.3) is 0 Å². The molecule has 10 aromatic rings. The van der Waals surface area contributed by atoms with Gasteiger partial charge in [-0.15, -0.1) is 0 Å². The molecule has 0 N–H and O–H groups in total. The van der Waals surface area contributed by atoms with Crippen molar-refractivity contribution >= 4 is 43.2 Å². The smallest absolute Gasteiger partial charge is 0.0462 e. The Balaban J connectivity index is 0.950. The van der Waals surface area contributed by atoms with E-state index in [0.717, 1.165) is 98.2 Å². The Bertz CT molecular complexity index is 3110. The minimum Gasteiger partial charge on any atom is -0.311 e. The second-order valence-electron chi connectivity index (χ2n) is 16.5. The maximum absolute atomic E-state index is 17.3. The second kappa shape index (κ2) is 14.8. The van der Waals surface area contributed by atoms with E-state index in [9.17, 15) is 0 Å². The SMILES string of the molecule is O=S12(c3ccccc3-c3cc(-c4ccc(N(c5ccccc5)c5ccccc5)cc4)ccc31)c1ccccc1-c1cc(-c3ccc(N(c4ccccc4)c4ccccc4)cc3)ccc12. The van der Waals surface area contributed by atoms with Crippen LogP contribution in [0.1, 0.15) is 0 Å². The van der Waals surface area contributed by atoms with Crippen LogP contribution in [0.15, 0.2) is 274 Å². The maximum atomic E-state index is 17.3. The molecule has 2 heterocycles. The summed E-state index contributed by atoms with van der Waals surface area (Å²) >= 11 is 0. The van der Waals surface area contributed by atoms with Crippen LogP contribution in [0.3, 0.4) is 0 Å². The topological polar surface area (TPSA) is 23.6 Å². The van der Waals surface area contributed by atoms with E-state index in [0.29, 0.717) is 0 Å². The second-order valence-corrected chi connectivity index (χ2v) is 20.1. The van der Waals surface area contributed by atoms with Crippen molar-refractivity contribution in [1.82, 2.24) is 0 Å². The first-order valence-corrected chi connectivity index (χ1v) is 23.7. The third-order valence-electron chi connectivity index (χ3n) is 13.0. The molecule has 0 unspecified atom stereocenters. The number of rotatable bonds is 8. The molecular formula is C60H42N2OS. The summed E-state index contributed by atoms with van der Waals surface area (Å²) in [4.78, 5) is 8.08. The van der Waals surface area contributed by atoms with Crippen molar-refractivity contribution in [3.63, 3.8) is 0 Å². The first-order chi connectivity index (χ1) is 31.6. The highest BCUT2D eigenvalue weighted by molar-refractivity contribution is 8.21. The van der Waals surface area contributed by atoms with Gasteiger partial charge in [-0.25, -0.2) is 0 Å². The zero-order valence-corrected chi connectivity index (χ0v) is 35.8. The Morgan fingerprint density at radius 1 is 0.234 bits per heavy atom. The molecule has 0 radical (unpaired) electrons. The zero-order valence-electron chi connectivity index (χ0n) is 35.0. The molecule has 3 nitrogen and oxygen atoms in total. The van der Waals surface area contributed by atoms with Gasteiger partial charge in [-0.05, 0) is 154 Å². The number of para-hydroxylation sites is 4. The third kappa shape index (κ3) is 5.63. The van der Waals surface area contributed by atoms with Crippen LogP contribution in [0.2, 0.25) is 0 Å². The van der Waals surface area contributed by atoms with E-state index in [1.54, 1.807) is 0 Å². The van der Waals surface area contributed by atoms with Crippen LogP contribution >= 0.6 is 0 Å². The van der Waals surface area contributed by atoms with E-state index in [-0.39, 0.29) is 0 Å². The average Bonchev–Trinajstić information content (AvgIpc) is 3.75. The van der Waals surface area contributed by atoms with Gasteiger partial charge in [-0.1, -0.05) is 146 Å². The number of nitrogens with zero attached hydrogens (tertiary/aromatic N) is 2. The highest BCUT2D eigenvalue weighted by Crippen LogP contribution is 2.71. The Morgan fingerprint density at radius 3 is 0.844 bits per heavy atom. The number of benzene rings is 10. The largest absolute Gasteiger partial charge is 0.311 e. The van der Waals surface area contributed by atoms with Crippen molar-refractivity contribution < 1.29 is 4.21 Å². The molecule has 0 amide bonds. The number of fused-ring (bicyclic) bond motifs is 10. The van der Waals surface area contributed by atoms with Crippen molar-refractivity contribution in [3.05, 3.63) is 255 Å². The molecule has 12 rings (SSSR count). The molecule has 2 aliphatic heterocycles. The van der Waals surface area contributed by atoms with Crippen LogP contribution in [0.4, 0.5) is 34.1 Å². The van der Waals surface area contributed by atoms with E-state index >= 15 is 4.21 Å². The van der Waals surface area contributed by atoms with Crippen molar-refractivity contribution in [2.75, 3.05) is 9.80 Å². The predicted octanol–water partition coefficient (Wildman–Crippen LogP) is 16.3. The molecule has 10 aromatic carbocycles. The fourth-order valence-electron chi connectivity index (χ4n) is 10.1. The molecule has 0 aromatic heterocycles. The van der Waals surface area contributed by atoms with Crippen molar-refractivity contribution in [2.24, 2.45) is 0 Å². The van der Waals surface area contributed by atoms with Gasteiger partial charge in [0, 0.05) is 62.8 Å². The van der Waals surface area contributed by atoms with Crippen LogP contribution in [0, 0.1) is 0 Å². The molecular weight excluding hydrogens is 797 g/mol. The van der Waals surface area contributed by atoms with Crippen molar-refractivity contribution in [1.29, 1.82) is 0 Å². The maximum Gasteiger partial charge on any atom is 0.0462 e. The zero-order chi connectivity index (χ0) is 42.7. The van der Waals surface area contributed by atoms with Crippen LogP contribution < -0.4 is 9.80 Å². The molecule has 4 heteroatoms. The van der Waals surface area contributed by atoms with Crippen LogP contribution in [0.5, 0.6) is 0 Å². The van der Waals surface area contributed by atoms with Gasteiger partial charge in [-0.2, -0.15) is 0 Å². The molecule has 304 valence electrons. The monoisotopic (exact) mass is 838 g/mol. The molecule has 64 heavy (non-hydrogen) atoms. The Labute approximate surface area is 374 Å². The summed E-state index contributed by atoms with van der Waals surface area (Å²) in [5.74, 6) is 0. The summed E-state index contributed by atoms with van der Waals surface area (Å²) in [5, 5.41) is 0. The fraction of sp³-hybridized carbons (Fsp3) is 0. The molecule has 0 bridgehead atoms. The van der Waals surface area contributed by atoms with E-state index in [1.165, 1.54) is 0 Å². The van der Waals surface area contributed by atoms with E-state index in [2.05, 4.69) is 228 Å². The number of anilines is 6. The lowest BCUT2D eigenvalue weighted by Gasteiger charge is -2.38. The Morgan fingerprint density at radius 2 is 0.500 bits per heavy atom. The molecule has 2 aliphatic rings. The Hall–Kier alpha value is -8.05. The third-order valence-corrected chi connectivity index (χ3v) is 17.7. The van der Waals surface area contributed by atoms with Crippen molar-refractivity contribution in [2.45, 2.75) is 19.6 Å². The van der Waals surface area contributed by atoms with Crippen LogP contribution in [0.25, 0.3) is 44.5 Å². The van der Waals surface area contributed by atoms with Gasteiger partial charge in [0.15, 0.2) is 0 Å². The molecule has 0 saturated heterocycles. The van der Waals surface area contributed by atoms with Gasteiger partial charge in [0.05, 0.1) is 0 Å². The molecule has 0 fully saturated rings. The highest BCUT2D eigenvalue weighted by Gasteiger charge is 2.57. The van der Waals surface area contributed by atoms with Gasteiger partial charge in [-0.3, -0.25) is 4.21 Å². The lowest BCUT2D eigenvalue weighted by molar-refractivity contribution is 0.658. The van der Waals surface area contributed by atoms with E-state index in [1.807, 2.05) is 36.4 Å². The number of hydrogen-bond donors (Lipinski definition) is 0. The summed E-state index contributed by atoms with van der Waals surface area (Å²) in [6.07, 6.45) is 0. The van der Waals surface area contributed by atoms with Crippen LogP contribution in [-0.2, 0) is 9.07 Å². The summed E-state index contributed by atoms with van der Waals surface area (Å²) < 4.78 is 17.3. The standard InChI is InChI=1S/C60H42N2OS/c63-64(57-27-15-13-25-53(57)55-41-45(33-39-59(55)64)43-29-35-51(36-30-43)61(47-17-5-1-6-18-47)48-19-7-2-8-20-48)58-28-16-14-26-54(58)56-42-46(34-40-60(56)64)44-31-37-52(38-32-44)62(49-21-9-3-10-22-49)50-23-11-4-12-24-50/h1-42H. The average molecular weight is 839 g/mol. The molecule has 0 aliphatic carbocycles.